The van der Waals surface area contributed by atoms with E-state index in [-0.39, 0.29) is 5.78 Å². The average Bonchev–Trinajstić information content (AvgIpc) is 2.18. The molecular weight excluding hydrogens is 296 g/mol. The van der Waals surface area contributed by atoms with E-state index in [1.54, 1.807) is 0 Å². The molecule has 0 atom stereocenters. The van der Waals surface area contributed by atoms with Crippen molar-refractivity contribution in [3.05, 3.63) is 35.9 Å². The lowest BCUT2D eigenvalue weighted by Gasteiger charge is -2.18. The van der Waals surface area contributed by atoms with Gasteiger partial charge in [-0.15, -0.1) is 0 Å². The molecule has 1 aromatic carbocycles. The largest absolute Gasteiger partial charge is 0.297 e. The number of carbonyl (C=O) groups excluding carboxylic acids is 1. The molecule has 0 aliphatic heterocycles. The Morgan fingerprint density at radius 2 is 1.85 bits per heavy atom. The highest BCUT2D eigenvalue weighted by molar-refractivity contribution is 9.25. The summed E-state index contributed by atoms with van der Waals surface area (Å²) >= 11 is 6.77. The molecule has 0 spiro atoms. The predicted molar refractivity (Wildman–Crippen MR) is 61.3 cm³/mol. The Kier molecular flexibility index (Phi) is 3.68. The van der Waals surface area contributed by atoms with Gasteiger partial charge in [-0.05, 0) is 5.56 Å². The second kappa shape index (κ2) is 4.38. The summed E-state index contributed by atoms with van der Waals surface area (Å²) in [5.41, 5.74) is 0.932. The number of Topliss-reactive ketones (excluding diaryl/α,β-unsaturated/α-hetero) is 1. The quantitative estimate of drug-likeness (QED) is 0.780. The molecule has 0 radical (unpaired) electrons. The lowest BCUT2D eigenvalue weighted by molar-refractivity contribution is -0.118. The summed E-state index contributed by atoms with van der Waals surface area (Å²) in [5, 5.41) is 0. The van der Waals surface area contributed by atoms with Crippen LogP contribution in [0.1, 0.15) is 18.9 Å². The molecule has 0 unspecified atom stereocenters. The molecule has 1 nitrogen and oxygen atoms in total. The molecule has 0 N–H and O–H groups in total. The van der Waals surface area contributed by atoms with Gasteiger partial charge in [0.1, 0.15) is 0 Å². The first-order chi connectivity index (χ1) is 6.09. The summed E-state index contributed by atoms with van der Waals surface area (Å²) < 4.78 is -0.712. The lowest BCUT2D eigenvalue weighted by Crippen LogP contribution is -2.21. The van der Waals surface area contributed by atoms with Crippen LogP contribution in [0.5, 0.6) is 0 Å². The number of benzene rings is 1. The van der Waals surface area contributed by atoms with E-state index in [1.807, 2.05) is 37.3 Å². The van der Waals surface area contributed by atoms with E-state index in [0.29, 0.717) is 6.42 Å². The molecule has 0 fully saturated rings. The van der Waals surface area contributed by atoms with Gasteiger partial charge in [0.25, 0.3) is 0 Å². The summed E-state index contributed by atoms with van der Waals surface area (Å²) in [6, 6.07) is 9.58. The van der Waals surface area contributed by atoms with Crippen molar-refractivity contribution >= 4 is 37.6 Å². The maximum Gasteiger partial charge on any atom is 0.164 e. The molecule has 0 aliphatic carbocycles. The van der Waals surface area contributed by atoms with Gasteiger partial charge in [0.2, 0.25) is 0 Å². The van der Waals surface area contributed by atoms with Crippen LogP contribution in [0.25, 0.3) is 0 Å². The third kappa shape index (κ3) is 2.41. The number of halogens is 2. The molecule has 0 bridgehead atoms. The minimum Gasteiger partial charge on any atom is -0.297 e. The van der Waals surface area contributed by atoms with E-state index >= 15 is 0 Å². The Morgan fingerprint density at radius 1 is 1.31 bits per heavy atom. The molecule has 13 heavy (non-hydrogen) atoms. The van der Waals surface area contributed by atoms with Crippen LogP contribution in [0, 0.1) is 0 Å². The standard InChI is InChI=1S/C10H10Br2O/c1-2-9(13)10(11,12)8-6-4-3-5-7-8/h3-7H,2H2,1H3. The van der Waals surface area contributed by atoms with Gasteiger partial charge in [0.05, 0.1) is 0 Å². The van der Waals surface area contributed by atoms with E-state index in [4.69, 9.17) is 0 Å². The van der Waals surface area contributed by atoms with E-state index in [9.17, 15) is 4.79 Å². The second-order valence-electron chi connectivity index (χ2n) is 2.72. The van der Waals surface area contributed by atoms with Gasteiger partial charge in [-0.3, -0.25) is 4.79 Å². The van der Waals surface area contributed by atoms with E-state index < -0.39 is 3.23 Å². The Labute approximate surface area is 94.8 Å². The minimum absolute atomic E-state index is 0.124. The van der Waals surface area contributed by atoms with Crippen molar-refractivity contribution in [2.45, 2.75) is 16.6 Å². The molecule has 1 aromatic rings. The molecule has 0 saturated heterocycles. The number of carbonyl (C=O) groups is 1. The molecule has 0 aliphatic rings. The number of alkyl halides is 2. The van der Waals surface area contributed by atoms with Crippen molar-refractivity contribution < 1.29 is 4.79 Å². The smallest absolute Gasteiger partial charge is 0.164 e. The third-order valence-corrected chi connectivity index (χ3v) is 3.61. The van der Waals surface area contributed by atoms with Crippen LogP contribution in [0.15, 0.2) is 30.3 Å². The van der Waals surface area contributed by atoms with E-state index in [1.165, 1.54) is 0 Å². The Bertz CT molecular complexity index is 293. The highest BCUT2D eigenvalue weighted by Crippen LogP contribution is 2.39. The normalized spacial score (nSPS) is 11.3. The zero-order valence-corrected chi connectivity index (χ0v) is 10.4. The number of hydrogen-bond donors (Lipinski definition) is 0. The van der Waals surface area contributed by atoms with Gasteiger partial charge in [-0.25, -0.2) is 0 Å². The van der Waals surface area contributed by atoms with Crippen molar-refractivity contribution in [1.29, 1.82) is 0 Å². The zero-order chi connectivity index (χ0) is 9.90. The van der Waals surface area contributed by atoms with Crippen LogP contribution < -0.4 is 0 Å². The van der Waals surface area contributed by atoms with Gasteiger partial charge < -0.3 is 0 Å². The SMILES string of the molecule is CCC(=O)C(Br)(Br)c1ccccc1. The minimum atomic E-state index is -0.712. The van der Waals surface area contributed by atoms with Crippen LogP contribution in [0.2, 0.25) is 0 Å². The average molecular weight is 306 g/mol. The summed E-state index contributed by atoms with van der Waals surface area (Å²) in [6.07, 6.45) is 0.505. The molecule has 1 rings (SSSR count). The molecule has 0 aromatic heterocycles. The van der Waals surface area contributed by atoms with Gasteiger partial charge in [0.15, 0.2) is 9.02 Å². The first-order valence-electron chi connectivity index (χ1n) is 4.05. The monoisotopic (exact) mass is 304 g/mol. The molecule has 0 heterocycles. The van der Waals surface area contributed by atoms with Crippen molar-refractivity contribution in [2.75, 3.05) is 0 Å². The van der Waals surface area contributed by atoms with Gasteiger partial charge in [-0.1, -0.05) is 69.1 Å². The Balaban J connectivity index is 3.00. The fourth-order valence-corrected chi connectivity index (χ4v) is 2.12. The Hall–Kier alpha value is -0.150. The van der Waals surface area contributed by atoms with Crippen LogP contribution in [-0.4, -0.2) is 5.78 Å². The zero-order valence-electron chi connectivity index (χ0n) is 7.26. The van der Waals surface area contributed by atoms with Gasteiger partial charge in [-0.2, -0.15) is 0 Å². The molecule has 70 valence electrons. The second-order valence-corrected chi connectivity index (χ2v) is 6.16. The summed E-state index contributed by atoms with van der Waals surface area (Å²) in [4.78, 5) is 11.5. The van der Waals surface area contributed by atoms with Crippen molar-refractivity contribution in [2.24, 2.45) is 0 Å². The van der Waals surface area contributed by atoms with Crippen molar-refractivity contribution in [1.82, 2.24) is 0 Å². The van der Waals surface area contributed by atoms with E-state index in [2.05, 4.69) is 31.9 Å². The first kappa shape index (κ1) is 10.9. The highest BCUT2D eigenvalue weighted by atomic mass is 79.9. The Morgan fingerprint density at radius 3 is 2.31 bits per heavy atom. The summed E-state index contributed by atoms with van der Waals surface area (Å²) in [6.45, 7) is 1.85. The predicted octanol–water partition coefficient (Wildman–Crippen LogP) is 3.61. The van der Waals surface area contributed by atoms with Gasteiger partial charge >= 0.3 is 0 Å². The van der Waals surface area contributed by atoms with Gasteiger partial charge in [0, 0.05) is 6.42 Å². The lowest BCUT2D eigenvalue weighted by atomic mass is 10.1. The van der Waals surface area contributed by atoms with Crippen molar-refractivity contribution in [3.63, 3.8) is 0 Å². The topological polar surface area (TPSA) is 17.1 Å². The summed E-state index contributed by atoms with van der Waals surface area (Å²) in [7, 11) is 0. The molecule has 0 saturated carbocycles. The van der Waals surface area contributed by atoms with Crippen LogP contribution in [-0.2, 0) is 8.03 Å². The first-order valence-corrected chi connectivity index (χ1v) is 5.64. The maximum atomic E-state index is 11.5. The van der Waals surface area contributed by atoms with Crippen LogP contribution in [0.4, 0.5) is 0 Å². The highest BCUT2D eigenvalue weighted by Gasteiger charge is 2.32. The van der Waals surface area contributed by atoms with Crippen LogP contribution in [0.3, 0.4) is 0 Å². The number of hydrogen-bond acceptors (Lipinski definition) is 1. The van der Waals surface area contributed by atoms with Crippen molar-refractivity contribution in [3.8, 4) is 0 Å². The van der Waals surface area contributed by atoms with Crippen LogP contribution >= 0.6 is 31.9 Å². The fraction of sp³-hybridized carbons (Fsp3) is 0.300. The molecule has 0 amide bonds. The molecular formula is C10H10Br2O. The van der Waals surface area contributed by atoms with E-state index in [0.717, 1.165) is 5.56 Å². The number of rotatable bonds is 3. The maximum absolute atomic E-state index is 11.5. The molecule has 3 heteroatoms. The number of ketones is 1. The fourth-order valence-electron chi connectivity index (χ4n) is 1.03. The third-order valence-electron chi connectivity index (χ3n) is 1.81. The summed E-state index contributed by atoms with van der Waals surface area (Å²) in [5.74, 6) is 0.124.